The van der Waals surface area contributed by atoms with Crippen molar-refractivity contribution >= 4 is 17.7 Å². The van der Waals surface area contributed by atoms with E-state index in [0.717, 1.165) is 38.5 Å². The van der Waals surface area contributed by atoms with Crippen LogP contribution in [-0.4, -0.2) is 42.0 Å². The minimum Gasteiger partial charge on any atom is -0.391 e. The van der Waals surface area contributed by atoms with Gasteiger partial charge in [-0.2, -0.15) is 0 Å². The molecule has 0 aliphatic carbocycles. The SMILES string of the molecule is CCCCCCC(=O)NC(C(=O)NC)[C@@H](C)O.CCCCCCC(C)C(N)=O. The topological polar surface area (TPSA) is 122 Å². The Kier molecular flexibility index (Phi) is 19.1. The summed E-state index contributed by atoms with van der Waals surface area (Å²) in [5, 5.41) is 14.4. The molecule has 28 heavy (non-hydrogen) atoms. The maximum absolute atomic E-state index is 11.5. The van der Waals surface area contributed by atoms with Crippen molar-refractivity contribution in [3.63, 3.8) is 0 Å². The Bertz CT molecular complexity index is 428. The normalized spacial score (nSPS) is 13.5. The van der Waals surface area contributed by atoms with Crippen LogP contribution in [-0.2, 0) is 14.4 Å². The molecule has 2 unspecified atom stereocenters. The van der Waals surface area contributed by atoms with Crippen molar-refractivity contribution in [3.8, 4) is 0 Å². The summed E-state index contributed by atoms with van der Waals surface area (Å²) in [6.07, 6.45) is 9.41. The van der Waals surface area contributed by atoms with Crippen molar-refractivity contribution in [2.24, 2.45) is 11.7 Å². The van der Waals surface area contributed by atoms with Crippen molar-refractivity contribution in [3.05, 3.63) is 0 Å². The summed E-state index contributed by atoms with van der Waals surface area (Å²) in [6, 6.07) is -0.862. The van der Waals surface area contributed by atoms with E-state index in [4.69, 9.17) is 5.73 Å². The van der Waals surface area contributed by atoms with E-state index in [0.29, 0.717) is 6.42 Å². The largest absolute Gasteiger partial charge is 0.391 e. The Morgan fingerprint density at radius 2 is 1.46 bits per heavy atom. The molecule has 7 heteroatoms. The number of aliphatic hydroxyl groups excluding tert-OH is 1. The second-order valence-corrected chi connectivity index (χ2v) is 7.36. The number of carbonyl (C=O) groups is 3. The van der Waals surface area contributed by atoms with Crippen LogP contribution in [0.15, 0.2) is 0 Å². The van der Waals surface area contributed by atoms with E-state index < -0.39 is 12.1 Å². The molecule has 166 valence electrons. The van der Waals surface area contributed by atoms with E-state index in [1.54, 1.807) is 0 Å². The molecule has 0 bridgehead atoms. The third kappa shape index (κ3) is 16.5. The average Bonchev–Trinajstić information content (AvgIpc) is 2.66. The Labute approximate surface area is 171 Å². The van der Waals surface area contributed by atoms with Crippen LogP contribution in [0.3, 0.4) is 0 Å². The molecule has 0 fully saturated rings. The highest BCUT2D eigenvalue weighted by atomic mass is 16.3. The van der Waals surface area contributed by atoms with Crippen LogP contribution in [0.5, 0.6) is 0 Å². The first kappa shape index (κ1) is 28.6. The molecule has 0 saturated carbocycles. The second kappa shape index (κ2) is 18.7. The number of unbranched alkanes of at least 4 members (excludes halogenated alkanes) is 6. The molecule has 0 rings (SSSR count). The number of nitrogens with two attached hydrogens (primary N) is 1. The Hall–Kier alpha value is -1.63. The van der Waals surface area contributed by atoms with Gasteiger partial charge in [-0.3, -0.25) is 14.4 Å². The fraction of sp³-hybridized carbons (Fsp3) is 0.857. The zero-order valence-corrected chi connectivity index (χ0v) is 18.6. The summed E-state index contributed by atoms with van der Waals surface area (Å²) in [5.41, 5.74) is 5.11. The molecule has 0 aromatic rings. The lowest BCUT2D eigenvalue weighted by atomic mass is 10.0. The number of likely N-dealkylation sites (N-methyl/N-ethyl adjacent to an activating group) is 1. The zero-order valence-electron chi connectivity index (χ0n) is 18.6. The van der Waals surface area contributed by atoms with Gasteiger partial charge < -0.3 is 21.5 Å². The molecule has 0 saturated heterocycles. The number of hydrogen-bond donors (Lipinski definition) is 4. The van der Waals surface area contributed by atoms with E-state index in [1.165, 1.54) is 33.2 Å². The number of aliphatic hydroxyl groups is 1. The van der Waals surface area contributed by atoms with Gasteiger partial charge in [0.2, 0.25) is 17.7 Å². The van der Waals surface area contributed by atoms with Crippen molar-refractivity contribution in [2.75, 3.05) is 7.05 Å². The Balaban J connectivity index is 0. The van der Waals surface area contributed by atoms with Crippen LogP contribution in [0.2, 0.25) is 0 Å². The molecule has 3 amide bonds. The van der Waals surface area contributed by atoms with Gasteiger partial charge in [0.1, 0.15) is 6.04 Å². The fourth-order valence-electron chi connectivity index (χ4n) is 2.54. The standard InChI is InChI=1S/C12H24N2O3.C9H19NO/c1-4-5-6-7-8-10(16)14-11(9(2)15)12(17)13-3;1-3-4-5-6-7-8(2)9(10)11/h9,11,15H,4-8H2,1-3H3,(H,13,17)(H,14,16);8H,3-7H2,1-2H3,(H2,10,11)/t9-,11?;/m1./s1. The van der Waals surface area contributed by atoms with Gasteiger partial charge in [0.25, 0.3) is 0 Å². The molecule has 7 nitrogen and oxygen atoms in total. The van der Waals surface area contributed by atoms with Crippen LogP contribution in [0.25, 0.3) is 0 Å². The smallest absolute Gasteiger partial charge is 0.245 e. The van der Waals surface area contributed by atoms with Crippen molar-refractivity contribution in [2.45, 2.75) is 104 Å². The summed E-state index contributed by atoms with van der Waals surface area (Å²) in [5.74, 6) is -0.661. The molecular weight excluding hydrogens is 358 g/mol. The van der Waals surface area contributed by atoms with Crippen molar-refractivity contribution in [1.82, 2.24) is 10.6 Å². The molecule has 3 atom stereocenters. The lowest BCUT2D eigenvalue weighted by Crippen LogP contribution is -2.51. The first-order chi connectivity index (χ1) is 13.2. The van der Waals surface area contributed by atoms with Crippen LogP contribution < -0.4 is 16.4 Å². The van der Waals surface area contributed by atoms with Crippen molar-refractivity contribution < 1.29 is 19.5 Å². The van der Waals surface area contributed by atoms with E-state index in [1.807, 2.05) is 6.92 Å². The number of rotatable bonds is 14. The first-order valence-corrected chi connectivity index (χ1v) is 10.7. The van der Waals surface area contributed by atoms with Gasteiger partial charge in [-0.05, 0) is 19.8 Å². The fourth-order valence-corrected chi connectivity index (χ4v) is 2.54. The highest BCUT2D eigenvalue weighted by molar-refractivity contribution is 5.87. The van der Waals surface area contributed by atoms with Gasteiger partial charge in [0.05, 0.1) is 6.10 Å². The number of nitrogens with one attached hydrogen (secondary N) is 2. The van der Waals surface area contributed by atoms with Crippen LogP contribution in [0.1, 0.15) is 91.9 Å². The maximum Gasteiger partial charge on any atom is 0.245 e. The second-order valence-electron chi connectivity index (χ2n) is 7.36. The van der Waals surface area contributed by atoms with Crippen LogP contribution in [0, 0.1) is 5.92 Å². The summed E-state index contributed by atoms with van der Waals surface area (Å²) in [4.78, 5) is 33.5. The molecule has 0 aliphatic rings. The third-order valence-electron chi connectivity index (χ3n) is 4.56. The molecule has 0 aliphatic heterocycles. The Morgan fingerprint density at radius 1 is 0.929 bits per heavy atom. The van der Waals surface area contributed by atoms with E-state index in [-0.39, 0.29) is 23.6 Å². The average molecular weight is 402 g/mol. The molecule has 0 spiro atoms. The quantitative estimate of drug-likeness (QED) is 0.334. The summed E-state index contributed by atoms with van der Waals surface area (Å²) in [7, 11) is 1.48. The van der Waals surface area contributed by atoms with Gasteiger partial charge >= 0.3 is 0 Å². The maximum atomic E-state index is 11.5. The number of primary amides is 1. The van der Waals surface area contributed by atoms with Crippen LogP contribution >= 0.6 is 0 Å². The van der Waals surface area contributed by atoms with Gasteiger partial charge in [0, 0.05) is 19.4 Å². The van der Waals surface area contributed by atoms with Gasteiger partial charge in [-0.25, -0.2) is 0 Å². The number of carbonyl (C=O) groups excluding carboxylic acids is 3. The molecule has 0 radical (unpaired) electrons. The van der Waals surface area contributed by atoms with Gasteiger partial charge in [0.15, 0.2) is 0 Å². The monoisotopic (exact) mass is 401 g/mol. The number of hydrogen-bond acceptors (Lipinski definition) is 4. The van der Waals surface area contributed by atoms with E-state index in [2.05, 4.69) is 24.5 Å². The summed E-state index contributed by atoms with van der Waals surface area (Å²) >= 11 is 0. The van der Waals surface area contributed by atoms with Crippen LogP contribution in [0.4, 0.5) is 0 Å². The van der Waals surface area contributed by atoms with E-state index >= 15 is 0 Å². The van der Waals surface area contributed by atoms with Gasteiger partial charge in [-0.1, -0.05) is 65.7 Å². The molecule has 5 N–H and O–H groups in total. The predicted octanol–water partition coefficient (Wildman–Crippen LogP) is 2.65. The summed E-state index contributed by atoms with van der Waals surface area (Å²) in [6.45, 7) is 7.66. The van der Waals surface area contributed by atoms with Crippen molar-refractivity contribution in [1.29, 1.82) is 0 Å². The number of amides is 3. The minimum absolute atomic E-state index is 0.0619. The third-order valence-corrected chi connectivity index (χ3v) is 4.56. The zero-order chi connectivity index (χ0) is 21.9. The highest BCUT2D eigenvalue weighted by Crippen LogP contribution is 2.09. The highest BCUT2D eigenvalue weighted by Gasteiger charge is 2.24. The lowest BCUT2D eigenvalue weighted by molar-refractivity contribution is -0.131. The molecular formula is C21H43N3O4. The summed E-state index contributed by atoms with van der Waals surface area (Å²) < 4.78 is 0. The van der Waals surface area contributed by atoms with E-state index in [9.17, 15) is 19.5 Å². The predicted molar refractivity (Wildman–Crippen MR) is 114 cm³/mol. The molecule has 0 aromatic carbocycles. The molecule has 0 aromatic heterocycles. The first-order valence-electron chi connectivity index (χ1n) is 10.7. The minimum atomic E-state index is -0.894. The Morgan fingerprint density at radius 3 is 1.89 bits per heavy atom. The molecule has 0 heterocycles. The lowest BCUT2D eigenvalue weighted by Gasteiger charge is -2.19. The van der Waals surface area contributed by atoms with Gasteiger partial charge in [-0.15, -0.1) is 0 Å².